The Bertz CT molecular complexity index is 84.9. The third-order valence-corrected chi connectivity index (χ3v) is 2.57. The summed E-state index contributed by atoms with van der Waals surface area (Å²) in [5.41, 5.74) is 0. The average molecular weight is 155 g/mol. The van der Waals surface area contributed by atoms with E-state index >= 15 is 0 Å². The van der Waals surface area contributed by atoms with E-state index in [4.69, 9.17) is 0 Å². The van der Waals surface area contributed by atoms with E-state index in [0.29, 0.717) is 0 Å². The Hall–Kier alpha value is -0.0400. The van der Waals surface area contributed by atoms with E-state index in [1.165, 1.54) is 51.5 Å². The van der Waals surface area contributed by atoms with Crippen molar-refractivity contribution in [2.45, 2.75) is 57.9 Å². The van der Waals surface area contributed by atoms with E-state index in [-0.39, 0.29) is 0 Å². The van der Waals surface area contributed by atoms with Crippen molar-refractivity contribution in [3.8, 4) is 0 Å². The fourth-order valence-corrected chi connectivity index (χ4v) is 1.82. The van der Waals surface area contributed by atoms with Gasteiger partial charge in [-0.3, -0.25) is 0 Å². The van der Waals surface area contributed by atoms with Crippen LogP contribution in [-0.4, -0.2) is 12.6 Å². The Morgan fingerprint density at radius 2 is 2.18 bits per heavy atom. The molecule has 0 bridgehead atoms. The summed E-state index contributed by atoms with van der Waals surface area (Å²) in [5.74, 6) is 0. The predicted octanol–water partition coefficient (Wildman–Crippen LogP) is 2.71. The number of unbranched alkanes of at least 4 members (excludes halogenated alkanes) is 3. The monoisotopic (exact) mass is 155 g/mol. The van der Waals surface area contributed by atoms with Crippen LogP contribution in [0.1, 0.15) is 51.9 Å². The van der Waals surface area contributed by atoms with Crippen LogP contribution in [-0.2, 0) is 0 Å². The van der Waals surface area contributed by atoms with Gasteiger partial charge in [0.15, 0.2) is 0 Å². The summed E-state index contributed by atoms with van der Waals surface area (Å²) in [4.78, 5) is 0. The van der Waals surface area contributed by atoms with Crippen molar-refractivity contribution in [3.05, 3.63) is 0 Å². The highest BCUT2D eigenvalue weighted by Gasteiger charge is 2.12. The van der Waals surface area contributed by atoms with Crippen LogP contribution < -0.4 is 5.32 Å². The van der Waals surface area contributed by atoms with Crippen molar-refractivity contribution in [3.63, 3.8) is 0 Å². The van der Waals surface area contributed by atoms with Gasteiger partial charge in [-0.25, -0.2) is 0 Å². The summed E-state index contributed by atoms with van der Waals surface area (Å²) in [6.07, 6.45) is 9.90. The largest absolute Gasteiger partial charge is 0.314 e. The van der Waals surface area contributed by atoms with E-state index in [9.17, 15) is 0 Å². The molecule has 1 saturated heterocycles. The predicted molar refractivity (Wildman–Crippen MR) is 49.8 cm³/mol. The highest BCUT2D eigenvalue weighted by atomic mass is 14.9. The minimum absolute atomic E-state index is 0.867. The Balaban J connectivity index is 1.86. The molecule has 1 aliphatic rings. The molecule has 0 aromatic carbocycles. The molecule has 0 aromatic rings. The van der Waals surface area contributed by atoms with Gasteiger partial charge in [0.1, 0.15) is 0 Å². The van der Waals surface area contributed by atoms with Crippen molar-refractivity contribution in [2.75, 3.05) is 6.54 Å². The summed E-state index contributed by atoms with van der Waals surface area (Å²) in [6.45, 7) is 3.53. The van der Waals surface area contributed by atoms with Crippen LogP contribution in [0.5, 0.6) is 0 Å². The standard InChI is InChI=1S/C10H21N/c1-2-3-4-5-7-10-8-6-9-11-10/h10-11H,2-9H2,1H3. The topological polar surface area (TPSA) is 12.0 Å². The first-order valence-electron chi connectivity index (χ1n) is 5.17. The second-order valence-electron chi connectivity index (χ2n) is 3.64. The molecule has 0 radical (unpaired) electrons. The van der Waals surface area contributed by atoms with Gasteiger partial charge in [-0.2, -0.15) is 0 Å². The van der Waals surface area contributed by atoms with Crippen LogP contribution in [0, 0.1) is 0 Å². The molecular formula is C10H21N. The third-order valence-electron chi connectivity index (χ3n) is 2.57. The first kappa shape index (κ1) is 9.05. The molecule has 1 nitrogen and oxygen atoms in total. The molecule has 1 heterocycles. The smallest absolute Gasteiger partial charge is 0.00675 e. The normalized spacial score (nSPS) is 24.3. The van der Waals surface area contributed by atoms with Crippen molar-refractivity contribution in [1.29, 1.82) is 0 Å². The molecule has 0 spiro atoms. The van der Waals surface area contributed by atoms with Gasteiger partial charge in [-0.15, -0.1) is 0 Å². The van der Waals surface area contributed by atoms with Gasteiger partial charge in [0.25, 0.3) is 0 Å². The summed E-state index contributed by atoms with van der Waals surface area (Å²) < 4.78 is 0. The lowest BCUT2D eigenvalue weighted by atomic mass is 10.1. The quantitative estimate of drug-likeness (QED) is 0.602. The third kappa shape index (κ3) is 3.76. The molecular weight excluding hydrogens is 134 g/mol. The van der Waals surface area contributed by atoms with Gasteiger partial charge in [-0.1, -0.05) is 32.6 Å². The van der Waals surface area contributed by atoms with Gasteiger partial charge >= 0.3 is 0 Å². The molecule has 0 amide bonds. The van der Waals surface area contributed by atoms with E-state index in [2.05, 4.69) is 12.2 Å². The molecule has 1 N–H and O–H groups in total. The SMILES string of the molecule is CCCCCCC1CCCN1. The number of hydrogen-bond acceptors (Lipinski definition) is 1. The molecule has 1 atom stereocenters. The van der Waals surface area contributed by atoms with Crippen LogP contribution in [0.3, 0.4) is 0 Å². The van der Waals surface area contributed by atoms with Crippen molar-refractivity contribution < 1.29 is 0 Å². The van der Waals surface area contributed by atoms with Crippen molar-refractivity contribution in [1.82, 2.24) is 5.32 Å². The van der Waals surface area contributed by atoms with E-state index in [1.54, 1.807) is 0 Å². The van der Waals surface area contributed by atoms with Crippen LogP contribution in [0.2, 0.25) is 0 Å². The molecule has 1 unspecified atom stereocenters. The molecule has 1 fully saturated rings. The average Bonchev–Trinajstić information content (AvgIpc) is 2.50. The van der Waals surface area contributed by atoms with Crippen LogP contribution >= 0.6 is 0 Å². The number of nitrogens with one attached hydrogen (secondary N) is 1. The second-order valence-corrected chi connectivity index (χ2v) is 3.64. The zero-order valence-corrected chi connectivity index (χ0v) is 7.73. The Labute approximate surface area is 70.6 Å². The van der Waals surface area contributed by atoms with E-state index < -0.39 is 0 Å². The van der Waals surface area contributed by atoms with Gasteiger partial charge in [0.05, 0.1) is 0 Å². The molecule has 1 rings (SSSR count). The molecule has 1 aliphatic heterocycles. The maximum absolute atomic E-state index is 3.53. The fourth-order valence-electron chi connectivity index (χ4n) is 1.82. The minimum Gasteiger partial charge on any atom is -0.314 e. The summed E-state index contributed by atoms with van der Waals surface area (Å²) in [7, 11) is 0. The molecule has 0 aliphatic carbocycles. The summed E-state index contributed by atoms with van der Waals surface area (Å²) >= 11 is 0. The lowest BCUT2D eigenvalue weighted by molar-refractivity contribution is 0.513. The summed E-state index contributed by atoms with van der Waals surface area (Å²) in [6, 6.07) is 0.867. The second kappa shape index (κ2) is 5.59. The van der Waals surface area contributed by atoms with E-state index in [1.807, 2.05) is 0 Å². The molecule has 1 heteroatoms. The maximum atomic E-state index is 3.53. The van der Waals surface area contributed by atoms with Crippen molar-refractivity contribution >= 4 is 0 Å². The zero-order valence-electron chi connectivity index (χ0n) is 7.73. The van der Waals surface area contributed by atoms with Crippen LogP contribution in [0.25, 0.3) is 0 Å². The molecule has 66 valence electrons. The van der Waals surface area contributed by atoms with Gasteiger partial charge in [-0.05, 0) is 25.8 Å². The van der Waals surface area contributed by atoms with Crippen LogP contribution in [0.15, 0.2) is 0 Å². The first-order chi connectivity index (χ1) is 5.43. The van der Waals surface area contributed by atoms with Gasteiger partial charge in [0, 0.05) is 6.04 Å². The van der Waals surface area contributed by atoms with Gasteiger partial charge in [0.2, 0.25) is 0 Å². The zero-order chi connectivity index (χ0) is 7.94. The molecule has 0 saturated carbocycles. The highest BCUT2D eigenvalue weighted by molar-refractivity contribution is 4.73. The number of hydrogen-bond donors (Lipinski definition) is 1. The number of rotatable bonds is 5. The lowest BCUT2D eigenvalue weighted by Crippen LogP contribution is -2.20. The Kier molecular flexibility index (Phi) is 4.60. The Morgan fingerprint density at radius 1 is 1.27 bits per heavy atom. The van der Waals surface area contributed by atoms with E-state index in [0.717, 1.165) is 6.04 Å². The highest BCUT2D eigenvalue weighted by Crippen LogP contribution is 2.13. The Morgan fingerprint density at radius 3 is 2.82 bits per heavy atom. The van der Waals surface area contributed by atoms with Crippen molar-refractivity contribution in [2.24, 2.45) is 0 Å². The fraction of sp³-hybridized carbons (Fsp3) is 1.00. The lowest BCUT2D eigenvalue weighted by Gasteiger charge is -2.08. The minimum atomic E-state index is 0.867. The van der Waals surface area contributed by atoms with Gasteiger partial charge < -0.3 is 5.32 Å². The summed E-state index contributed by atoms with van der Waals surface area (Å²) in [5, 5.41) is 3.53. The first-order valence-corrected chi connectivity index (χ1v) is 5.17. The van der Waals surface area contributed by atoms with Crippen LogP contribution in [0.4, 0.5) is 0 Å². The molecule has 0 aromatic heterocycles. The molecule has 11 heavy (non-hydrogen) atoms. The maximum Gasteiger partial charge on any atom is 0.00675 e.